The van der Waals surface area contributed by atoms with E-state index in [9.17, 15) is 0 Å². The molecule has 1 unspecified atom stereocenters. The Morgan fingerprint density at radius 1 is 1.21 bits per heavy atom. The molecule has 0 aromatic heterocycles. The summed E-state index contributed by atoms with van der Waals surface area (Å²) in [6, 6.07) is 9.64. The van der Waals surface area contributed by atoms with Crippen molar-refractivity contribution in [2.45, 2.75) is 56.9 Å². The normalized spacial score (nSPS) is 17.8. The van der Waals surface area contributed by atoms with Crippen LogP contribution in [0.2, 0.25) is 0 Å². The van der Waals surface area contributed by atoms with Gasteiger partial charge in [0.15, 0.2) is 0 Å². The van der Waals surface area contributed by atoms with Crippen LogP contribution in [0.15, 0.2) is 29.2 Å². The summed E-state index contributed by atoms with van der Waals surface area (Å²) in [6.07, 6.45) is 6.96. The SMILES string of the molecule is CCCNC(CSc1ccc(C)cc1)C1CCCC1. The van der Waals surface area contributed by atoms with Gasteiger partial charge >= 0.3 is 0 Å². The first-order valence-corrected chi connectivity index (χ1v) is 8.71. The Morgan fingerprint density at radius 3 is 2.53 bits per heavy atom. The fraction of sp³-hybridized carbons (Fsp3) is 0.647. The smallest absolute Gasteiger partial charge is 0.0189 e. The third kappa shape index (κ3) is 4.85. The van der Waals surface area contributed by atoms with Crippen LogP contribution in [0, 0.1) is 12.8 Å². The summed E-state index contributed by atoms with van der Waals surface area (Å²) in [5.74, 6) is 2.12. The fourth-order valence-electron chi connectivity index (χ4n) is 2.87. The molecule has 0 amide bonds. The van der Waals surface area contributed by atoms with Crippen molar-refractivity contribution in [3.63, 3.8) is 0 Å². The maximum absolute atomic E-state index is 3.77. The first-order chi connectivity index (χ1) is 9.29. The lowest BCUT2D eigenvalue weighted by molar-refractivity contribution is 0.388. The van der Waals surface area contributed by atoms with Crippen LogP contribution >= 0.6 is 11.8 Å². The Bertz CT molecular complexity index is 354. The van der Waals surface area contributed by atoms with E-state index in [4.69, 9.17) is 0 Å². The molecule has 1 aromatic carbocycles. The second kappa shape index (κ2) is 7.96. The zero-order chi connectivity index (χ0) is 13.5. The lowest BCUT2D eigenvalue weighted by atomic mass is 10.00. The molecule has 0 spiro atoms. The molecule has 19 heavy (non-hydrogen) atoms. The van der Waals surface area contributed by atoms with E-state index in [1.165, 1.54) is 48.3 Å². The van der Waals surface area contributed by atoms with Crippen molar-refractivity contribution in [3.05, 3.63) is 29.8 Å². The van der Waals surface area contributed by atoms with Crippen molar-refractivity contribution >= 4 is 11.8 Å². The van der Waals surface area contributed by atoms with Crippen LogP contribution in [0.3, 0.4) is 0 Å². The molecule has 1 aromatic rings. The van der Waals surface area contributed by atoms with E-state index >= 15 is 0 Å². The largest absolute Gasteiger partial charge is 0.313 e. The second-order valence-electron chi connectivity index (χ2n) is 5.73. The van der Waals surface area contributed by atoms with E-state index < -0.39 is 0 Å². The van der Waals surface area contributed by atoms with Gasteiger partial charge < -0.3 is 5.32 Å². The number of aryl methyl sites for hydroxylation is 1. The van der Waals surface area contributed by atoms with Crippen molar-refractivity contribution in [1.29, 1.82) is 0 Å². The Labute approximate surface area is 122 Å². The first kappa shape index (κ1) is 14.9. The van der Waals surface area contributed by atoms with Gasteiger partial charge in [0.1, 0.15) is 0 Å². The zero-order valence-electron chi connectivity index (χ0n) is 12.3. The van der Waals surface area contributed by atoms with E-state index in [0.717, 1.165) is 12.5 Å². The van der Waals surface area contributed by atoms with E-state index in [2.05, 4.69) is 43.4 Å². The summed E-state index contributed by atoms with van der Waals surface area (Å²) in [5, 5.41) is 3.77. The summed E-state index contributed by atoms with van der Waals surface area (Å²) >= 11 is 2.01. The molecule has 1 saturated carbocycles. The maximum Gasteiger partial charge on any atom is 0.0189 e. The standard InChI is InChI=1S/C17H27NS/c1-3-12-18-17(15-6-4-5-7-15)13-19-16-10-8-14(2)9-11-16/h8-11,15,17-18H,3-7,12-13H2,1-2H3. The molecule has 1 nitrogen and oxygen atoms in total. The first-order valence-electron chi connectivity index (χ1n) is 7.72. The molecule has 2 rings (SSSR count). The summed E-state index contributed by atoms with van der Waals surface area (Å²) < 4.78 is 0. The molecule has 0 aliphatic heterocycles. The third-order valence-electron chi connectivity index (χ3n) is 4.08. The van der Waals surface area contributed by atoms with E-state index in [1.54, 1.807) is 0 Å². The van der Waals surface area contributed by atoms with Crippen LogP contribution in [-0.4, -0.2) is 18.3 Å². The molecule has 0 saturated heterocycles. The van der Waals surface area contributed by atoms with E-state index in [-0.39, 0.29) is 0 Å². The number of hydrogen-bond donors (Lipinski definition) is 1. The third-order valence-corrected chi connectivity index (χ3v) is 5.21. The topological polar surface area (TPSA) is 12.0 Å². The van der Waals surface area contributed by atoms with Crippen LogP contribution in [-0.2, 0) is 0 Å². The average Bonchev–Trinajstić information content (AvgIpc) is 2.95. The van der Waals surface area contributed by atoms with Crippen molar-refractivity contribution < 1.29 is 0 Å². The number of rotatable bonds is 7. The van der Waals surface area contributed by atoms with Crippen LogP contribution in [0.5, 0.6) is 0 Å². The van der Waals surface area contributed by atoms with Gasteiger partial charge in [0.2, 0.25) is 0 Å². The van der Waals surface area contributed by atoms with Gasteiger partial charge in [0.05, 0.1) is 0 Å². The highest BCUT2D eigenvalue weighted by molar-refractivity contribution is 7.99. The number of nitrogens with one attached hydrogen (secondary N) is 1. The van der Waals surface area contributed by atoms with E-state index in [0.29, 0.717) is 6.04 Å². The van der Waals surface area contributed by atoms with Gasteiger partial charge in [-0.1, -0.05) is 37.5 Å². The van der Waals surface area contributed by atoms with Crippen LogP contribution < -0.4 is 5.32 Å². The highest BCUT2D eigenvalue weighted by atomic mass is 32.2. The molecule has 1 fully saturated rings. The van der Waals surface area contributed by atoms with Gasteiger partial charge in [-0.05, 0) is 50.8 Å². The second-order valence-corrected chi connectivity index (χ2v) is 6.82. The molecule has 106 valence electrons. The van der Waals surface area contributed by atoms with Crippen molar-refractivity contribution in [3.8, 4) is 0 Å². The summed E-state index contributed by atoms with van der Waals surface area (Å²) in [6.45, 7) is 5.57. The van der Waals surface area contributed by atoms with E-state index in [1.807, 2.05) is 11.8 Å². The van der Waals surface area contributed by atoms with Crippen LogP contribution in [0.4, 0.5) is 0 Å². The van der Waals surface area contributed by atoms with Crippen molar-refractivity contribution in [2.24, 2.45) is 5.92 Å². The molecular weight excluding hydrogens is 250 g/mol. The molecule has 0 bridgehead atoms. The van der Waals surface area contributed by atoms with Crippen LogP contribution in [0.25, 0.3) is 0 Å². The van der Waals surface area contributed by atoms with Crippen molar-refractivity contribution in [1.82, 2.24) is 5.32 Å². The number of hydrogen-bond acceptors (Lipinski definition) is 2. The molecule has 1 aliphatic carbocycles. The van der Waals surface area contributed by atoms with Gasteiger partial charge in [-0.2, -0.15) is 0 Å². The lowest BCUT2D eigenvalue weighted by Crippen LogP contribution is -2.37. The Kier molecular flexibility index (Phi) is 6.25. The Balaban J connectivity index is 1.86. The van der Waals surface area contributed by atoms with Gasteiger partial charge in [-0.3, -0.25) is 0 Å². The Morgan fingerprint density at radius 2 is 1.89 bits per heavy atom. The number of thioether (sulfide) groups is 1. The molecule has 1 N–H and O–H groups in total. The minimum Gasteiger partial charge on any atom is -0.313 e. The Hall–Kier alpha value is -0.470. The highest BCUT2D eigenvalue weighted by Crippen LogP contribution is 2.30. The van der Waals surface area contributed by atoms with Gasteiger partial charge in [0.25, 0.3) is 0 Å². The summed E-state index contributed by atoms with van der Waals surface area (Å²) in [7, 11) is 0. The molecule has 1 aliphatic rings. The summed E-state index contributed by atoms with van der Waals surface area (Å²) in [5.41, 5.74) is 1.35. The highest BCUT2D eigenvalue weighted by Gasteiger charge is 2.24. The van der Waals surface area contributed by atoms with Gasteiger partial charge in [0, 0.05) is 16.7 Å². The van der Waals surface area contributed by atoms with Crippen LogP contribution in [0.1, 0.15) is 44.6 Å². The fourth-order valence-corrected chi connectivity index (χ4v) is 3.96. The van der Waals surface area contributed by atoms with Gasteiger partial charge in [-0.15, -0.1) is 11.8 Å². The molecule has 0 radical (unpaired) electrons. The molecule has 2 heteroatoms. The van der Waals surface area contributed by atoms with Gasteiger partial charge in [-0.25, -0.2) is 0 Å². The summed E-state index contributed by atoms with van der Waals surface area (Å²) in [4.78, 5) is 1.41. The maximum atomic E-state index is 3.77. The minimum atomic E-state index is 0.703. The predicted octanol–water partition coefficient (Wildman–Crippen LogP) is 4.65. The molecule has 1 atom stereocenters. The molecule has 0 heterocycles. The zero-order valence-corrected chi connectivity index (χ0v) is 13.1. The minimum absolute atomic E-state index is 0.703. The molecular formula is C17H27NS. The monoisotopic (exact) mass is 277 g/mol. The lowest BCUT2D eigenvalue weighted by Gasteiger charge is -2.24. The predicted molar refractivity (Wildman–Crippen MR) is 85.9 cm³/mol. The van der Waals surface area contributed by atoms with Crippen molar-refractivity contribution in [2.75, 3.05) is 12.3 Å². The average molecular weight is 277 g/mol. The number of benzene rings is 1. The quantitative estimate of drug-likeness (QED) is 0.728.